The van der Waals surface area contributed by atoms with Gasteiger partial charge in [0.05, 0.1) is 5.41 Å². The first-order chi connectivity index (χ1) is 18.5. The average molecular weight is 544 g/mol. The van der Waals surface area contributed by atoms with E-state index in [2.05, 4.69) is 10.6 Å². The lowest BCUT2D eigenvalue weighted by Crippen LogP contribution is -2.56. The second-order valence-corrected chi connectivity index (χ2v) is 11.9. The summed E-state index contributed by atoms with van der Waals surface area (Å²) in [6.07, 6.45) is 2.41. The molecule has 0 spiro atoms. The molecule has 2 aliphatic rings. The van der Waals surface area contributed by atoms with E-state index in [4.69, 9.17) is 0 Å². The number of benzene rings is 2. The number of nitrogens with zero attached hydrogens (tertiary/aromatic N) is 1. The van der Waals surface area contributed by atoms with E-state index in [1.807, 2.05) is 31.7 Å². The number of rotatable bonds is 7. The van der Waals surface area contributed by atoms with Gasteiger partial charge in [-0.3, -0.25) is 9.59 Å². The summed E-state index contributed by atoms with van der Waals surface area (Å²) in [6.45, 7) is 10.2. The number of carbonyl (C=O) groups excluding carboxylic acids is 2. The fraction of sp³-hybridized carbons (Fsp3) is 0.548. The molecule has 212 valence electrons. The average Bonchev–Trinajstić information content (AvgIpc) is 3.34. The van der Waals surface area contributed by atoms with Crippen molar-refractivity contribution in [3.63, 3.8) is 0 Å². The molecule has 2 aromatic carbocycles. The van der Waals surface area contributed by atoms with E-state index in [0.717, 1.165) is 30.0 Å². The fourth-order valence-corrected chi connectivity index (χ4v) is 6.53. The Morgan fingerprint density at radius 2 is 1.67 bits per heavy atom. The fourth-order valence-electron chi connectivity index (χ4n) is 6.53. The number of nitrogens with one attached hydrogen (secondary N) is 2. The molecule has 0 aliphatic carbocycles. The van der Waals surface area contributed by atoms with E-state index in [0.29, 0.717) is 51.1 Å². The Bertz CT molecular complexity index is 1200. The van der Waals surface area contributed by atoms with Crippen LogP contribution in [0.1, 0.15) is 75.5 Å². The van der Waals surface area contributed by atoms with Crippen LogP contribution >= 0.6 is 0 Å². The monoisotopic (exact) mass is 543 g/mol. The van der Waals surface area contributed by atoms with Crippen LogP contribution in [0.25, 0.3) is 0 Å². The third kappa shape index (κ3) is 5.86. The summed E-state index contributed by atoms with van der Waals surface area (Å²) < 4.78 is 42.7. The van der Waals surface area contributed by atoms with Crippen molar-refractivity contribution in [2.24, 2.45) is 10.8 Å². The second kappa shape index (κ2) is 11.7. The Hall–Kier alpha value is -2.87. The highest BCUT2D eigenvalue weighted by Crippen LogP contribution is 2.53. The number of halogens is 3. The summed E-state index contributed by atoms with van der Waals surface area (Å²) in [5, 5.41) is 6.19. The zero-order chi connectivity index (χ0) is 28.4. The molecule has 8 heteroatoms. The number of piperidine rings is 1. The molecule has 0 bridgehead atoms. The minimum absolute atomic E-state index is 0.00576. The van der Waals surface area contributed by atoms with Crippen molar-refractivity contribution in [1.29, 1.82) is 0 Å². The lowest BCUT2D eigenvalue weighted by Gasteiger charge is -2.48. The first kappa shape index (κ1) is 29.1. The Labute approximate surface area is 229 Å². The maximum Gasteiger partial charge on any atom is 0.231 e. The molecule has 2 aliphatic heterocycles. The van der Waals surface area contributed by atoms with Crippen LogP contribution in [0.4, 0.5) is 13.2 Å². The van der Waals surface area contributed by atoms with Crippen molar-refractivity contribution in [1.82, 2.24) is 15.5 Å². The zero-order valence-corrected chi connectivity index (χ0v) is 23.4. The summed E-state index contributed by atoms with van der Waals surface area (Å²) in [6, 6.07) is 8.48. The van der Waals surface area contributed by atoms with Crippen molar-refractivity contribution >= 4 is 11.8 Å². The van der Waals surface area contributed by atoms with E-state index in [9.17, 15) is 22.8 Å². The van der Waals surface area contributed by atoms with Crippen LogP contribution in [0.5, 0.6) is 0 Å². The molecule has 0 aromatic heterocycles. The van der Waals surface area contributed by atoms with Gasteiger partial charge in [-0.15, -0.1) is 0 Å². The Kier molecular flexibility index (Phi) is 8.74. The van der Waals surface area contributed by atoms with Crippen LogP contribution < -0.4 is 10.6 Å². The first-order valence-corrected chi connectivity index (χ1v) is 14.0. The maximum absolute atomic E-state index is 15.0. The Morgan fingerprint density at radius 3 is 2.28 bits per heavy atom. The summed E-state index contributed by atoms with van der Waals surface area (Å²) in [5.41, 5.74) is 0.938. The van der Waals surface area contributed by atoms with Gasteiger partial charge in [-0.2, -0.15) is 0 Å². The minimum atomic E-state index is -0.892. The zero-order valence-electron chi connectivity index (χ0n) is 23.4. The summed E-state index contributed by atoms with van der Waals surface area (Å²) in [5.74, 6) is -1.85. The molecule has 2 amide bonds. The molecule has 0 radical (unpaired) electrons. The SMILES string of the molecule is CCC(=O)NCCc1cc(F)ccc1C1CCN(C(=O)[C@@]2(C(C)(C)C)CNC[C@H]2c2ccc(F)cc2F)CC1. The molecular formula is C31H40F3N3O2. The molecule has 2 fully saturated rings. The number of carbonyl (C=O) groups is 2. The maximum atomic E-state index is 15.0. The molecule has 39 heavy (non-hydrogen) atoms. The van der Waals surface area contributed by atoms with Gasteiger partial charge in [-0.1, -0.05) is 39.8 Å². The van der Waals surface area contributed by atoms with Crippen molar-refractivity contribution in [2.45, 2.75) is 65.2 Å². The quantitative estimate of drug-likeness (QED) is 0.499. The number of hydrogen-bond donors (Lipinski definition) is 2. The molecule has 2 atom stereocenters. The minimum Gasteiger partial charge on any atom is -0.356 e. The van der Waals surface area contributed by atoms with Gasteiger partial charge in [0.1, 0.15) is 17.5 Å². The number of hydrogen-bond acceptors (Lipinski definition) is 3. The smallest absolute Gasteiger partial charge is 0.231 e. The first-order valence-electron chi connectivity index (χ1n) is 14.0. The molecule has 2 aromatic rings. The lowest BCUT2D eigenvalue weighted by molar-refractivity contribution is -0.150. The summed E-state index contributed by atoms with van der Waals surface area (Å²) >= 11 is 0. The molecule has 4 rings (SSSR count). The third-order valence-corrected chi connectivity index (χ3v) is 8.77. The van der Waals surface area contributed by atoms with Gasteiger partial charge in [0.25, 0.3) is 0 Å². The van der Waals surface area contributed by atoms with E-state index in [1.165, 1.54) is 18.2 Å². The van der Waals surface area contributed by atoms with Gasteiger partial charge in [-0.25, -0.2) is 13.2 Å². The van der Waals surface area contributed by atoms with E-state index in [1.54, 1.807) is 13.0 Å². The highest BCUT2D eigenvalue weighted by molar-refractivity contribution is 5.86. The van der Waals surface area contributed by atoms with Crippen LogP contribution in [0.2, 0.25) is 0 Å². The van der Waals surface area contributed by atoms with Gasteiger partial charge in [0, 0.05) is 51.1 Å². The van der Waals surface area contributed by atoms with Crippen LogP contribution in [0.15, 0.2) is 36.4 Å². The number of amides is 2. The van der Waals surface area contributed by atoms with Crippen LogP contribution in [0, 0.1) is 28.3 Å². The van der Waals surface area contributed by atoms with Gasteiger partial charge in [0.15, 0.2) is 0 Å². The topological polar surface area (TPSA) is 61.4 Å². The van der Waals surface area contributed by atoms with E-state index >= 15 is 0 Å². The van der Waals surface area contributed by atoms with Crippen LogP contribution in [0.3, 0.4) is 0 Å². The molecule has 2 heterocycles. The van der Waals surface area contributed by atoms with Crippen LogP contribution in [-0.2, 0) is 16.0 Å². The van der Waals surface area contributed by atoms with Gasteiger partial charge < -0.3 is 15.5 Å². The van der Waals surface area contributed by atoms with E-state index < -0.39 is 28.4 Å². The molecule has 0 saturated carbocycles. The highest BCUT2D eigenvalue weighted by atomic mass is 19.1. The summed E-state index contributed by atoms with van der Waals surface area (Å²) in [4.78, 5) is 27.9. The van der Waals surface area contributed by atoms with Crippen molar-refractivity contribution < 1.29 is 22.8 Å². The van der Waals surface area contributed by atoms with Crippen molar-refractivity contribution in [3.8, 4) is 0 Å². The predicted molar refractivity (Wildman–Crippen MR) is 146 cm³/mol. The summed E-state index contributed by atoms with van der Waals surface area (Å²) in [7, 11) is 0. The van der Waals surface area contributed by atoms with Crippen molar-refractivity contribution in [3.05, 3.63) is 70.5 Å². The number of likely N-dealkylation sites (tertiary alicyclic amines) is 1. The molecule has 0 unspecified atom stereocenters. The second-order valence-electron chi connectivity index (χ2n) is 11.9. The molecular weight excluding hydrogens is 503 g/mol. The normalized spacial score (nSPS) is 22.2. The Balaban J connectivity index is 1.53. The van der Waals surface area contributed by atoms with Gasteiger partial charge >= 0.3 is 0 Å². The van der Waals surface area contributed by atoms with Gasteiger partial charge in [-0.05, 0) is 65.5 Å². The van der Waals surface area contributed by atoms with Crippen molar-refractivity contribution in [2.75, 3.05) is 32.7 Å². The lowest BCUT2D eigenvalue weighted by atomic mass is 9.58. The predicted octanol–water partition coefficient (Wildman–Crippen LogP) is 5.30. The van der Waals surface area contributed by atoms with Gasteiger partial charge in [0.2, 0.25) is 11.8 Å². The van der Waals surface area contributed by atoms with Crippen LogP contribution in [-0.4, -0.2) is 49.4 Å². The molecule has 5 nitrogen and oxygen atoms in total. The van der Waals surface area contributed by atoms with E-state index in [-0.39, 0.29) is 23.5 Å². The molecule has 2 N–H and O–H groups in total. The largest absolute Gasteiger partial charge is 0.356 e. The third-order valence-electron chi connectivity index (χ3n) is 8.77. The standard InChI is InChI=1S/C31H40F3N3O2/c1-5-28(38)36-13-10-21-16-22(32)6-8-24(21)20-11-14-37(15-12-20)29(39)31(30(2,3)4)19-35-18-26(31)25-9-7-23(33)17-27(25)34/h6-9,16-17,20,26,35H,5,10-15,18-19H2,1-4H3,(H,36,38)/t26-,31+/m0/s1. The Morgan fingerprint density at radius 1 is 1.03 bits per heavy atom. The highest BCUT2D eigenvalue weighted by Gasteiger charge is 2.58. The molecule has 2 saturated heterocycles.